The number of methoxy groups -OCH3 is 1. The van der Waals surface area contributed by atoms with Crippen molar-refractivity contribution in [2.45, 2.75) is 111 Å². The van der Waals surface area contributed by atoms with Crippen LogP contribution in [0.25, 0.3) is 22.1 Å². The van der Waals surface area contributed by atoms with Gasteiger partial charge in [-0.2, -0.15) is 0 Å². The van der Waals surface area contributed by atoms with Crippen LogP contribution in [0.2, 0.25) is 0 Å². The van der Waals surface area contributed by atoms with Crippen LogP contribution in [-0.2, 0) is 9.53 Å². The van der Waals surface area contributed by atoms with Gasteiger partial charge in [-0.15, -0.1) is 0 Å². The Bertz CT molecular complexity index is 1820. The zero-order valence-corrected chi connectivity index (χ0v) is 31.7. The number of benzene rings is 2. The lowest BCUT2D eigenvalue weighted by Gasteiger charge is -2.58. The first-order chi connectivity index (χ1) is 24.5. The fourth-order valence-corrected chi connectivity index (χ4v) is 11.4. The SMILES string of the molecule is COc1ccccc1-c1coc2cc(OCC(=O)OC3CCC4(C)C(=CCC5C4CCC4(C)C(C(C)CCCC(C)C)CCC54)C3)ccc2c1=O. The number of hydrogen-bond donors (Lipinski definition) is 0. The minimum absolute atomic E-state index is 0.114. The monoisotopic (exact) mass is 694 g/mol. The van der Waals surface area contributed by atoms with E-state index in [0.717, 1.165) is 54.8 Å². The molecule has 6 nitrogen and oxygen atoms in total. The lowest BCUT2D eigenvalue weighted by atomic mass is 9.47. The van der Waals surface area contributed by atoms with E-state index in [1.54, 1.807) is 25.3 Å². The van der Waals surface area contributed by atoms with Crippen molar-refractivity contribution in [2.75, 3.05) is 13.7 Å². The summed E-state index contributed by atoms with van der Waals surface area (Å²) in [6.45, 7) is 12.3. The Labute approximate surface area is 304 Å². The molecule has 0 amide bonds. The number of allylic oxidation sites excluding steroid dienone is 1. The summed E-state index contributed by atoms with van der Waals surface area (Å²) in [7, 11) is 1.58. The fraction of sp³-hybridized carbons (Fsp3) is 0.600. The van der Waals surface area contributed by atoms with E-state index in [1.807, 2.05) is 24.3 Å². The molecule has 0 bridgehead atoms. The Balaban J connectivity index is 0.950. The van der Waals surface area contributed by atoms with E-state index in [4.69, 9.17) is 18.6 Å². The molecule has 51 heavy (non-hydrogen) atoms. The lowest BCUT2D eigenvalue weighted by molar-refractivity contribution is -0.153. The second-order valence-electron chi connectivity index (χ2n) is 17.3. The van der Waals surface area contributed by atoms with Crippen LogP contribution >= 0.6 is 0 Å². The summed E-state index contributed by atoms with van der Waals surface area (Å²) in [4.78, 5) is 26.3. The molecular formula is C45H58O6. The Morgan fingerprint density at radius 2 is 1.78 bits per heavy atom. The van der Waals surface area contributed by atoms with E-state index in [9.17, 15) is 9.59 Å². The number of para-hydroxylation sites is 1. The number of carbonyl (C=O) groups is 1. The summed E-state index contributed by atoms with van der Waals surface area (Å²) in [5.74, 6) is 5.57. The highest BCUT2D eigenvalue weighted by atomic mass is 16.6. The number of rotatable bonds is 11. The van der Waals surface area contributed by atoms with E-state index < -0.39 is 0 Å². The van der Waals surface area contributed by atoms with E-state index in [2.05, 4.69) is 40.7 Å². The maximum Gasteiger partial charge on any atom is 0.344 e. The standard InChI is InChI=1S/C45H58O6/c1-28(2)10-9-11-29(3)37-18-19-38-34-16-14-30-24-32(20-22-44(30,4)39(34)21-23-45(37,38)5)51-42(46)27-49-31-15-17-35-41(25-31)50-26-36(43(35)47)33-12-7-8-13-40(33)48-6/h7-8,12-15,17,25-26,28-29,32,34,37-39H,9-11,16,18-24,27H2,1-6H3. The molecular weight excluding hydrogens is 636 g/mol. The van der Waals surface area contributed by atoms with Crippen molar-refractivity contribution in [3.63, 3.8) is 0 Å². The van der Waals surface area contributed by atoms with Crippen molar-refractivity contribution in [1.29, 1.82) is 0 Å². The van der Waals surface area contributed by atoms with Crippen LogP contribution in [0.3, 0.4) is 0 Å². The minimum atomic E-state index is -0.362. The highest BCUT2D eigenvalue weighted by molar-refractivity contribution is 5.84. The van der Waals surface area contributed by atoms with Crippen molar-refractivity contribution >= 4 is 16.9 Å². The van der Waals surface area contributed by atoms with Crippen LogP contribution in [0.5, 0.6) is 11.5 Å². The Hall–Kier alpha value is -3.54. The van der Waals surface area contributed by atoms with Crippen molar-refractivity contribution in [3.8, 4) is 22.6 Å². The van der Waals surface area contributed by atoms with Gasteiger partial charge in [0.1, 0.15) is 29.4 Å². The number of fused-ring (bicyclic) bond motifs is 6. The highest BCUT2D eigenvalue weighted by Crippen LogP contribution is 2.67. The summed E-state index contributed by atoms with van der Waals surface area (Å²) in [6.07, 6.45) is 17.6. The summed E-state index contributed by atoms with van der Waals surface area (Å²) >= 11 is 0. The molecule has 0 N–H and O–H groups in total. The minimum Gasteiger partial charge on any atom is -0.496 e. The zero-order chi connectivity index (χ0) is 35.9. The molecule has 0 aliphatic heterocycles. The first-order valence-corrected chi connectivity index (χ1v) is 19.7. The number of hydrogen-bond acceptors (Lipinski definition) is 6. The molecule has 7 rings (SSSR count). The smallest absolute Gasteiger partial charge is 0.344 e. The number of carbonyl (C=O) groups excluding carboxylic acids is 1. The average Bonchev–Trinajstić information content (AvgIpc) is 3.48. The third-order valence-corrected chi connectivity index (χ3v) is 14.1. The Morgan fingerprint density at radius 1 is 0.961 bits per heavy atom. The predicted molar refractivity (Wildman–Crippen MR) is 203 cm³/mol. The van der Waals surface area contributed by atoms with E-state index in [-0.39, 0.29) is 29.5 Å². The molecule has 3 saturated carbocycles. The van der Waals surface area contributed by atoms with Crippen molar-refractivity contribution in [2.24, 2.45) is 46.3 Å². The average molecular weight is 695 g/mol. The van der Waals surface area contributed by atoms with Crippen LogP contribution in [-0.4, -0.2) is 25.8 Å². The van der Waals surface area contributed by atoms with Crippen LogP contribution in [0.1, 0.15) is 105 Å². The first kappa shape index (κ1) is 35.8. The van der Waals surface area contributed by atoms with E-state index in [1.165, 1.54) is 63.2 Å². The van der Waals surface area contributed by atoms with Gasteiger partial charge in [-0.1, -0.05) is 83.7 Å². The molecule has 0 radical (unpaired) electrons. The largest absolute Gasteiger partial charge is 0.496 e. The molecule has 8 unspecified atom stereocenters. The number of esters is 1. The van der Waals surface area contributed by atoms with Crippen molar-refractivity contribution in [1.82, 2.24) is 0 Å². The van der Waals surface area contributed by atoms with Gasteiger partial charge in [0.15, 0.2) is 6.61 Å². The molecule has 2 aromatic carbocycles. The van der Waals surface area contributed by atoms with Gasteiger partial charge in [0.25, 0.3) is 0 Å². The summed E-state index contributed by atoms with van der Waals surface area (Å²) in [5.41, 5.74) is 3.56. The van der Waals surface area contributed by atoms with Gasteiger partial charge >= 0.3 is 5.97 Å². The van der Waals surface area contributed by atoms with Gasteiger partial charge in [0.2, 0.25) is 5.43 Å². The molecule has 274 valence electrons. The summed E-state index contributed by atoms with van der Waals surface area (Å²) < 4.78 is 23.2. The highest BCUT2D eigenvalue weighted by Gasteiger charge is 2.59. The van der Waals surface area contributed by atoms with Crippen molar-refractivity contribution in [3.05, 3.63) is 70.6 Å². The molecule has 0 spiro atoms. The van der Waals surface area contributed by atoms with E-state index >= 15 is 0 Å². The molecule has 4 aliphatic rings. The Morgan fingerprint density at radius 3 is 2.59 bits per heavy atom. The lowest BCUT2D eigenvalue weighted by Crippen LogP contribution is -2.51. The molecule has 8 atom stereocenters. The normalized spacial score (nSPS) is 30.6. The number of ether oxygens (including phenoxy) is 3. The quantitative estimate of drug-likeness (QED) is 0.147. The van der Waals surface area contributed by atoms with E-state index in [0.29, 0.717) is 39.0 Å². The van der Waals surface area contributed by atoms with Crippen LogP contribution in [0, 0.1) is 46.3 Å². The van der Waals surface area contributed by atoms with Gasteiger partial charge in [0.05, 0.1) is 18.1 Å². The Kier molecular flexibility index (Phi) is 10.2. The predicted octanol–water partition coefficient (Wildman–Crippen LogP) is 10.8. The third-order valence-electron chi connectivity index (χ3n) is 14.1. The summed E-state index contributed by atoms with van der Waals surface area (Å²) in [5, 5.41) is 0.434. The summed E-state index contributed by atoms with van der Waals surface area (Å²) in [6, 6.07) is 12.4. The van der Waals surface area contributed by atoms with Gasteiger partial charge in [-0.25, -0.2) is 4.79 Å². The third kappa shape index (κ3) is 6.77. The van der Waals surface area contributed by atoms with Gasteiger partial charge in [-0.05, 0) is 109 Å². The van der Waals surface area contributed by atoms with Crippen LogP contribution in [0.15, 0.2) is 69.6 Å². The maximum absolute atomic E-state index is 13.3. The first-order valence-electron chi connectivity index (χ1n) is 19.7. The molecule has 3 fully saturated rings. The zero-order valence-electron chi connectivity index (χ0n) is 31.7. The van der Waals surface area contributed by atoms with Crippen molar-refractivity contribution < 1.29 is 23.4 Å². The maximum atomic E-state index is 13.3. The molecule has 6 heteroatoms. The van der Waals surface area contributed by atoms with Crippen LogP contribution < -0.4 is 14.9 Å². The van der Waals surface area contributed by atoms with Gasteiger partial charge in [0, 0.05) is 18.1 Å². The topological polar surface area (TPSA) is 75.0 Å². The fourth-order valence-electron chi connectivity index (χ4n) is 11.4. The second kappa shape index (κ2) is 14.5. The molecule has 1 heterocycles. The molecule has 1 aromatic heterocycles. The molecule has 4 aliphatic carbocycles. The second-order valence-corrected chi connectivity index (χ2v) is 17.3. The molecule has 0 saturated heterocycles. The van der Waals surface area contributed by atoms with Crippen LogP contribution in [0.4, 0.5) is 0 Å². The van der Waals surface area contributed by atoms with Gasteiger partial charge in [-0.3, -0.25) is 4.79 Å². The van der Waals surface area contributed by atoms with Gasteiger partial charge < -0.3 is 18.6 Å². The molecule has 3 aromatic rings.